The summed E-state index contributed by atoms with van der Waals surface area (Å²) in [5.41, 5.74) is -1.48. The Morgan fingerprint density at radius 2 is 1.32 bits per heavy atom. The number of hydrogen-bond acceptors (Lipinski definition) is 3. The van der Waals surface area contributed by atoms with Gasteiger partial charge in [0.15, 0.2) is 0 Å². The van der Waals surface area contributed by atoms with Crippen LogP contribution in [-0.2, 0) is 14.4 Å². The largest absolute Gasteiger partial charge is 0.481 e. The van der Waals surface area contributed by atoms with Crippen LogP contribution >= 0.6 is 0 Å². The van der Waals surface area contributed by atoms with Crippen LogP contribution in [0.15, 0.2) is 0 Å². The lowest BCUT2D eigenvalue weighted by Crippen LogP contribution is -2.53. The molecule has 2 N–H and O–H groups in total. The molecular formula is C19H35NO5. The number of carbonyl (C=O) groups is 3. The fraction of sp³-hybridized carbons (Fsp3) is 0.842. The SMILES string of the molecule is CCCCCCCCCCCC(=O)N(C)[C@@](C)(CCC(=O)O)C(=O)O. The van der Waals surface area contributed by atoms with Gasteiger partial charge in [-0.2, -0.15) is 0 Å². The van der Waals surface area contributed by atoms with Gasteiger partial charge in [0, 0.05) is 19.9 Å². The van der Waals surface area contributed by atoms with Gasteiger partial charge in [-0.25, -0.2) is 4.79 Å². The maximum absolute atomic E-state index is 12.3. The number of likely N-dealkylation sites (N-methyl/N-ethyl adjacent to an activating group) is 1. The first kappa shape index (κ1) is 23.4. The summed E-state index contributed by atoms with van der Waals surface area (Å²) in [6.07, 6.45) is 10.3. The summed E-state index contributed by atoms with van der Waals surface area (Å²) in [7, 11) is 1.45. The van der Waals surface area contributed by atoms with Gasteiger partial charge in [-0.05, 0) is 19.8 Å². The molecule has 0 saturated heterocycles. The van der Waals surface area contributed by atoms with E-state index < -0.39 is 17.5 Å². The molecule has 0 aromatic carbocycles. The van der Waals surface area contributed by atoms with E-state index in [1.165, 1.54) is 57.4 Å². The van der Waals surface area contributed by atoms with Crippen molar-refractivity contribution in [1.82, 2.24) is 4.90 Å². The third kappa shape index (κ3) is 9.46. The summed E-state index contributed by atoms with van der Waals surface area (Å²) in [5.74, 6) is -2.47. The van der Waals surface area contributed by atoms with Crippen molar-refractivity contribution >= 4 is 17.8 Å². The van der Waals surface area contributed by atoms with E-state index in [0.29, 0.717) is 6.42 Å². The van der Waals surface area contributed by atoms with E-state index in [4.69, 9.17) is 5.11 Å². The highest BCUT2D eigenvalue weighted by Gasteiger charge is 2.40. The number of amides is 1. The zero-order valence-electron chi connectivity index (χ0n) is 16.1. The first-order chi connectivity index (χ1) is 11.8. The quantitative estimate of drug-likeness (QED) is 0.431. The normalized spacial score (nSPS) is 13.2. The van der Waals surface area contributed by atoms with Crippen molar-refractivity contribution in [2.45, 2.75) is 96.4 Å². The van der Waals surface area contributed by atoms with Gasteiger partial charge in [0.05, 0.1) is 0 Å². The van der Waals surface area contributed by atoms with Crippen LogP contribution in [0.4, 0.5) is 0 Å². The zero-order valence-corrected chi connectivity index (χ0v) is 16.1. The van der Waals surface area contributed by atoms with Crippen LogP contribution in [0.5, 0.6) is 0 Å². The minimum atomic E-state index is -1.48. The molecule has 1 atom stereocenters. The zero-order chi connectivity index (χ0) is 19.3. The number of rotatable bonds is 15. The lowest BCUT2D eigenvalue weighted by Gasteiger charge is -2.35. The van der Waals surface area contributed by atoms with Crippen molar-refractivity contribution in [3.8, 4) is 0 Å². The summed E-state index contributed by atoms with van der Waals surface area (Å²) in [4.78, 5) is 35.7. The molecule has 0 radical (unpaired) electrons. The molecule has 0 aromatic heterocycles. The number of aliphatic carboxylic acids is 2. The average Bonchev–Trinajstić information content (AvgIpc) is 2.57. The highest BCUT2D eigenvalue weighted by Crippen LogP contribution is 2.22. The van der Waals surface area contributed by atoms with Crippen molar-refractivity contribution in [3.05, 3.63) is 0 Å². The van der Waals surface area contributed by atoms with E-state index in [-0.39, 0.29) is 18.7 Å². The molecule has 0 unspecified atom stereocenters. The number of carboxylic acid groups (broad SMARTS) is 2. The van der Waals surface area contributed by atoms with Crippen molar-refractivity contribution < 1.29 is 24.6 Å². The first-order valence-corrected chi connectivity index (χ1v) is 9.47. The molecule has 0 rings (SSSR count). The second-order valence-corrected chi connectivity index (χ2v) is 7.00. The van der Waals surface area contributed by atoms with Crippen molar-refractivity contribution in [3.63, 3.8) is 0 Å². The third-order valence-corrected chi connectivity index (χ3v) is 4.89. The standard InChI is InChI=1S/C19H35NO5/c1-4-5-6-7-8-9-10-11-12-13-16(21)20(3)19(2,18(24)25)15-14-17(22)23/h4-15H2,1-3H3,(H,22,23)(H,24,25)/t19-/m0/s1. The Bertz CT molecular complexity index is 424. The summed E-state index contributed by atoms with van der Waals surface area (Å²) in [6.45, 7) is 3.61. The number of carboxylic acids is 2. The van der Waals surface area contributed by atoms with E-state index in [1.807, 2.05) is 0 Å². The van der Waals surface area contributed by atoms with Crippen LogP contribution in [0.2, 0.25) is 0 Å². The maximum Gasteiger partial charge on any atom is 0.329 e. The molecule has 0 aliphatic carbocycles. The molecule has 0 saturated carbocycles. The second kappa shape index (κ2) is 12.7. The van der Waals surface area contributed by atoms with Crippen LogP contribution < -0.4 is 0 Å². The Labute approximate surface area is 151 Å². The molecule has 146 valence electrons. The van der Waals surface area contributed by atoms with Gasteiger partial charge >= 0.3 is 11.9 Å². The van der Waals surface area contributed by atoms with Gasteiger partial charge in [-0.3, -0.25) is 9.59 Å². The van der Waals surface area contributed by atoms with Crippen molar-refractivity contribution in [2.24, 2.45) is 0 Å². The molecule has 0 aliphatic heterocycles. The summed E-state index contributed by atoms with van der Waals surface area (Å²) >= 11 is 0. The van der Waals surface area contributed by atoms with E-state index in [2.05, 4.69) is 6.92 Å². The van der Waals surface area contributed by atoms with Gasteiger partial charge in [0.2, 0.25) is 5.91 Å². The summed E-state index contributed by atoms with van der Waals surface area (Å²) in [5, 5.41) is 18.2. The number of unbranched alkanes of at least 4 members (excludes halogenated alkanes) is 8. The lowest BCUT2D eigenvalue weighted by molar-refractivity contribution is -0.158. The minimum absolute atomic E-state index is 0.0995. The molecule has 0 fully saturated rings. The molecule has 25 heavy (non-hydrogen) atoms. The van der Waals surface area contributed by atoms with Crippen LogP contribution in [0.25, 0.3) is 0 Å². The Morgan fingerprint density at radius 1 is 0.840 bits per heavy atom. The smallest absolute Gasteiger partial charge is 0.329 e. The molecule has 1 amide bonds. The predicted octanol–water partition coefficient (Wildman–Crippen LogP) is 4.07. The van der Waals surface area contributed by atoms with Crippen LogP contribution in [0, 0.1) is 0 Å². The van der Waals surface area contributed by atoms with Gasteiger partial charge < -0.3 is 15.1 Å². The third-order valence-electron chi connectivity index (χ3n) is 4.89. The number of nitrogens with zero attached hydrogens (tertiary/aromatic N) is 1. The lowest BCUT2D eigenvalue weighted by atomic mass is 9.93. The molecule has 0 heterocycles. The van der Waals surface area contributed by atoms with Crippen LogP contribution in [0.3, 0.4) is 0 Å². The molecule has 0 aliphatic rings. The van der Waals surface area contributed by atoms with Crippen LogP contribution in [0.1, 0.15) is 90.9 Å². The second-order valence-electron chi connectivity index (χ2n) is 7.00. The highest BCUT2D eigenvalue weighted by molar-refractivity contribution is 5.87. The topological polar surface area (TPSA) is 94.9 Å². The first-order valence-electron chi connectivity index (χ1n) is 9.47. The fourth-order valence-corrected chi connectivity index (χ4v) is 2.80. The molecular weight excluding hydrogens is 322 g/mol. The molecule has 0 aromatic rings. The Hall–Kier alpha value is -1.59. The van der Waals surface area contributed by atoms with Crippen molar-refractivity contribution in [2.75, 3.05) is 7.05 Å². The van der Waals surface area contributed by atoms with Crippen molar-refractivity contribution in [1.29, 1.82) is 0 Å². The Morgan fingerprint density at radius 3 is 1.76 bits per heavy atom. The van der Waals surface area contributed by atoms with E-state index >= 15 is 0 Å². The Kier molecular flexibility index (Phi) is 11.9. The van der Waals surface area contributed by atoms with E-state index in [0.717, 1.165) is 19.3 Å². The molecule has 0 bridgehead atoms. The fourth-order valence-electron chi connectivity index (χ4n) is 2.80. The molecule has 6 nitrogen and oxygen atoms in total. The van der Waals surface area contributed by atoms with Crippen LogP contribution in [-0.4, -0.2) is 45.5 Å². The minimum Gasteiger partial charge on any atom is -0.481 e. The molecule has 0 spiro atoms. The summed E-state index contributed by atoms with van der Waals surface area (Å²) in [6, 6.07) is 0. The number of carbonyl (C=O) groups excluding carboxylic acids is 1. The Balaban J connectivity index is 4.13. The highest BCUT2D eigenvalue weighted by atomic mass is 16.4. The summed E-state index contributed by atoms with van der Waals surface area (Å²) < 4.78 is 0. The van der Waals surface area contributed by atoms with Gasteiger partial charge in [-0.1, -0.05) is 58.3 Å². The number of hydrogen-bond donors (Lipinski definition) is 2. The van der Waals surface area contributed by atoms with Gasteiger partial charge in [0.1, 0.15) is 5.54 Å². The average molecular weight is 357 g/mol. The monoisotopic (exact) mass is 357 g/mol. The van der Waals surface area contributed by atoms with E-state index in [9.17, 15) is 19.5 Å². The molecule has 6 heteroatoms. The predicted molar refractivity (Wildman–Crippen MR) is 97.5 cm³/mol. The van der Waals surface area contributed by atoms with E-state index in [1.54, 1.807) is 0 Å². The van der Waals surface area contributed by atoms with Gasteiger partial charge in [-0.15, -0.1) is 0 Å². The maximum atomic E-state index is 12.3. The van der Waals surface area contributed by atoms with Gasteiger partial charge in [0.25, 0.3) is 0 Å².